The fraction of sp³-hybridized carbons (Fsp3) is 0.458. The van der Waals surface area contributed by atoms with Crippen LogP contribution in [0.15, 0.2) is 36.5 Å². The number of carbonyl (C=O) groups is 1. The van der Waals surface area contributed by atoms with Crippen molar-refractivity contribution in [1.82, 2.24) is 14.6 Å². The topological polar surface area (TPSA) is 91.6 Å². The highest BCUT2D eigenvalue weighted by Crippen LogP contribution is 2.37. The summed E-state index contributed by atoms with van der Waals surface area (Å²) in [5, 5.41) is 20.0. The molecule has 1 fully saturated rings. The first-order valence-corrected chi connectivity index (χ1v) is 11.2. The van der Waals surface area contributed by atoms with E-state index in [2.05, 4.69) is 20.7 Å². The quantitative estimate of drug-likeness (QED) is 0.488. The monoisotopic (exact) mass is 475 g/mol. The fourth-order valence-electron chi connectivity index (χ4n) is 3.89. The molecule has 0 spiro atoms. The second-order valence-electron chi connectivity index (χ2n) is 9.76. The third kappa shape index (κ3) is 5.32. The van der Waals surface area contributed by atoms with E-state index in [1.807, 2.05) is 0 Å². The van der Waals surface area contributed by atoms with Crippen molar-refractivity contribution in [2.24, 2.45) is 5.41 Å². The fourth-order valence-corrected chi connectivity index (χ4v) is 3.89. The number of hydrogen-bond acceptors (Lipinski definition) is 5. The lowest BCUT2D eigenvalue weighted by Gasteiger charge is -2.26. The second kappa shape index (κ2) is 8.90. The number of hydrogen-bond donors (Lipinski definition) is 3. The van der Waals surface area contributed by atoms with Crippen LogP contribution in [0.3, 0.4) is 0 Å². The normalized spacial score (nSPS) is 19.3. The molecule has 0 saturated heterocycles. The van der Waals surface area contributed by atoms with E-state index in [1.165, 1.54) is 12.1 Å². The number of benzene rings is 1. The van der Waals surface area contributed by atoms with Gasteiger partial charge >= 0.3 is 6.18 Å². The van der Waals surface area contributed by atoms with E-state index in [-0.39, 0.29) is 17.8 Å². The van der Waals surface area contributed by atoms with Gasteiger partial charge in [0.1, 0.15) is 5.82 Å². The lowest BCUT2D eigenvalue weighted by atomic mass is 9.93. The number of aromatic nitrogens is 3. The predicted octanol–water partition coefficient (Wildman–Crippen LogP) is 5.12. The van der Waals surface area contributed by atoms with Crippen LogP contribution in [0.5, 0.6) is 0 Å². The number of nitrogens with zero attached hydrogens (tertiary/aromatic N) is 3. The minimum absolute atomic E-state index is 0.222. The summed E-state index contributed by atoms with van der Waals surface area (Å²) in [6.07, 6.45) is -0.0198. The van der Waals surface area contributed by atoms with Crippen LogP contribution in [0, 0.1) is 5.41 Å². The van der Waals surface area contributed by atoms with Gasteiger partial charge in [0.2, 0.25) is 5.91 Å². The van der Waals surface area contributed by atoms with Gasteiger partial charge in [-0.2, -0.15) is 13.2 Å². The summed E-state index contributed by atoms with van der Waals surface area (Å²) in [5.41, 5.74) is -0.675. The van der Waals surface area contributed by atoms with Crippen molar-refractivity contribution in [2.45, 2.75) is 64.8 Å². The molecule has 3 N–H and O–H groups in total. The van der Waals surface area contributed by atoms with Crippen LogP contribution in [0.4, 0.5) is 24.7 Å². The lowest BCUT2D eigenvalue weighted by Crippen LogP contribution is -2.28. The average molecular weight is 476 g/mol. The van der Waals surface area contributed by atoms with Gasteiger partial charge in [0.15, 0.2) is 5.65 Å². The number of carbonyl (C=O) groups excluding carboxylic acids is 1. The molecule has 7 nitrogen and oxygen atoms in total. The molecule has 2 heterocycles. The van der Waals surface area contributed by atoms with Gasteiger partial charge < -0.3 is 15.7 Å². The van der Waals surface area contributed by atoms with Gasteiger partial charge in [-0.3, -0.25) is 4.79 Å². The molecule has 0 bridgehead atoms. The van der Waals surface area contributed by atoms with E-state index in [0.29, 0.717) is 22.7 Å². The van der Waals surface area contributed by atoms with Crippen molar-refractivity contribution in [3.05, 3.63) is 42.1 Å². The number of nitrogens with one attached hydrogen (secondary N) is 2. The Morgan fingerprint density at radius 1 is 1.09 bits per heavy atom. The molecule has 0 atom stereocenters. The first-order chi connectivity index (χ1) is 15.9. The first kappa shape index (κ1) is 24.0. The molecule has 34 heavy (non-hydrogen) atoms. The van der Waals surface area contributed by atoms with E-state index >= 15 is 0 Å². The van der Waals surface area contributed by atoms with E-state index in [4.69, 9.17) is 0 Å². The zero-order valence-electron chi connectivity index (χ0n) is 19.3. The molecular formula is C24H28F3N5O2. The Kier molecular flexibility index (Phi) is 6.28. The molecule has 1 aliphatic rings. The Balaban J connectivity index is 1.62. The third-order valence-corrected chi connectivity index (χ3v) is 5.92. The summed E-state index contributed by atoms with van der Waals surface area (Å²) >= 11 is 0. The molecule has 182 valence electrons. The van der Waals surface area contributed by atoms with Crippen molar-refractivity contribution in [3.63, 3.8) is 0 Å². The van der Waals surface area contributed by atoms with Crippen LogP contribution in [-0.4, -0.2) is 37.8 Å². The zero-order valence-corrected chi connectivity index (χ0v) is 19.3. The highest BCUT2D eigenvalue weighted by molar-refractivity contribution is 5.96. The molecule has 1 saturated carbocycles. The van der Waals surface area contributed by atoms with Gasteiger partial charge in [0.25, 0.3) is 0 Å². The Bertz CT molecular complexity index is 1190. The standard InChI is InChI=1S/C24H28F3N5O2/c1-23(2,3)22(34)30-18-12-14(4-9-17(18)24(25,26)27)19-13-32-21(29-19)11-10-20(31-32)28-15-5-7-16(33)8-6-15/h4,9-13,15-16,33H,5-8H2,1-3H3,(H,28,31)(H,30,34)/t15-,16-. The van der Waals surface area contributed by atoms with Gasteiger partial charge in [-0.25, -0.2) is 9.50 Å². The zero-order chi connectivity index (χ0) is 24.7. The maximum atomic E-state index is 13.6. The molecule has 1 aliphatic carbocycles. The van der Waals surface area contributed by atoms with Gasteiger partial charge in [0.05, 0.1) is 29.2 Å². The van der Waals surface area contributed by atoms with E-state index in [0.717, 1.165) is 31.7 Å². The Labute approximate surface area is 195 Å². The van der Waals surface area contributed by atoms with E-state index < -0.39 is 23.1 Å². The lowest BCUT2D eigenvalue weighted by molar-refractivity contribution is -0.137. The van der Waals surface area contributed by atoms with Gasteiger partial charge in [-0.15, -0.1) is 5.10 Å². The molecule has 10 heteroatoms. The third-order valence-electron chi connectivity index (χ3n) is 5.92. The van der Waals surface area contributed by atoms with Crippen molar-refractivity contribution in [3.8, 4) is 11.3 Å². The average Bonchev–Trinajstić information content (AvgIpc) is 3.17. The van der Waals surface area contributed by atoms with Crippen LogP contribution in [-0.2, 0) is 11.0 Å². The number of rotatable bonds is 4. The number of imidazole rings is 1. The minimum Gasteiger partial charge on any atom is -0.393 e. The molecule has 0 radical (unpaired) electrons. The molecule has 2 aromatic heterocycles. The largest absolute Gasteiger partial charge is 0.418 e. The molecule has 1 amide bonds. The molecule has 0 aliphatic heterocycles. The number of fused-ring (bicyclic) bond motifs is 1. The van der Waals surface area contributed by atoms with Gasteiger partial charge in [0, 0.05) is 17.0 Å². The van der Waals surface area contributed by atoms with Gasteiger partial charge in [-0.1, -0.05) is 26.8 Å². The van der Waals surface area contributed by atoms with Crippen LogP contribution < -0.4 is 10.6 Å². The van der Waals surface area contributed by atoms with Crippen LogP contribution in [0.25, 0.3) is 16.9 Å². The van der Waals surface area contributed by atoms with Crippen molar-refractivity contribution >= 4 is 23.1 Å². The Hall–Kier alpha value is -3.14. The highest BCUT2D eigenvalue weighted by Gasteiger charge is 2.35. The summed E-state index contributed by atoms with van der Waals surface area (Å²) in [6.45, 7) is 4.90. The maximum Gasteiger partial charge on any atom is 0.418 e. The van der Waals surface area contributed by atoms with Crippen LogP contribution in [0.1, 0.15) is 52.0 Å². The number of amides is 1. The van der Waals surface area contributed by atoms with Crippen molar-refractivity contribution < 1.29 is 23.1 Å². The number of anilines is 2. The number of halogens is 3. The second-order valence-corrected chi connectivity index (χ2v) is 9.76. The first-order valence-electron chi connectivity index (χ1n) is 11.2. The van der Waals surface area contributed by atoms with E-state index in [9.17, 15) is 23.1 Å². The van der Waals surface area contributed by atoms with E-state index in [1.54, 1.807) is 43.6 Å². The molecule has 3 aromatic rings. The van der Waals surface area contributed by atoms with Crippen LogP contribution >= 0.6 is 0 Å². The molecule has 0 unspecified atom stereocenters. The minimum atomic E-state index is -4.62. The van der Waals surface area contributed by atoms with Crippen molar-refractivity contribution in [1.29, 1.82) is 0 Å². The summed E-state index contributed by atoms with van der Waals surface area (Å²) < 4.78 is 42.2. The van der Waals surface area contributed by atoms with Gasteiger partial charge in [-0.05, 0) is 49.9 Å². The molecule has 1 aromatic carbocycles. The highest BCUT2D eigenvalue weighted by atomic mass is 19.4. The smallest absolute Gasteiger partial charge is 0.393 e. The van der Waals surface area contributed by atoms with Crippen LogP contribution in [0.2, 0.25) is 0 Å². The Morgan fingerprint density at radius 2 is 1.79 bits per heavy atom. The SMILES string of the molecule is CC(C)(C)C(=O)Nc1cc(-c2cn3nc(N[C@H]4CC[C@H](O)CC4)ccc3n2)ccc1C(F)(F)F. The number of aliphatic hydroxyl groups excluding tert-OH is 1. The maximum absolute atomic E-state index is 13.6. The molecular weight excluding hydrogens is 447 g/mol. The number of aliphatic hydroxyl groups is 1. The van der Waals surface area contributed by atoms with Crippen molar-refractivity contribution in [2.75, 3.05) is 10.6 Å². The summed E-state index contributed by atoms with van der Waals surface area (Å²) in [4.78, 5) is 16.9. The Morgan fingerprint density at radius 3 is 2.44 bits per heavy atom. The molecule has 4 rings (SSSR count). The summed E-state index contributed by atoms with van der Waals surface area (Å²) in [6, 6.07) is 7.39. The summed E-state index contributed by atoms with van der Waals surface area (Å²) in [7, 11) is 0. The predicted molar refractivity (Wildman–Crippen MR) is 123 cm³/mol. The summed E-state index contributed by atoms with van der Waals surface area (Å²) in [5.74, 6) is 0.140. The number of alkyl halides is 3.